The fraction of sp³-hybridized carbons (Fsp3) is 0.688. The van der Waals surface area contributed by atoms with E-state index in [4.69, 9.17) is 4.42 Å². The topological polar surface area (TPSA) is 45.5 Å². The van der Waals surface area contributed by atoms with Crippen LogP contribution in [-0.4, -0.2) is 37.0 Å². The first kappa shape index (κ1) is 15.1. The van der Waals surface area contributed by atoms with E-state index in [1.807, 2.05) is 17.9 Å². The lowest BCUT2D eigenvalue weighted by Gasteiger charge is -2.30. The van der Waals surface area contributed by atoms with E-state index in [1.165, 1.54) is 12.8 Å². The standard InChI is InChI=1S/C16H26N2O2/c1-3-10-18(12-13-5-8-17-9-6-13)16(19)14-7-11-20-15(14)4-2/h7,11,13,17H,3-6,8-10,12H2,1-2H3. The number of nitrogens with one attached hydrogen (secondary N) is 1. The molecule has 2 heterocycles. The molecule has 1 N–H and O–H groups in total. The van der Waals surface area contributed by atoms with Gasteiger partial charge in [-0.25, -0.2) is 0 Å². The SMILES string of the molecule is CCCN(CC1CCNCC1)C(=O)c1ccoc1CC. The van der Waals surface area contributed by atoms with Crippen molar-refractivity contribution in [1.29, 1.82) is 0 Å². The number of carbonyl (C=O) groups excluding carboxylic acids is 1. The highest BCUT2D eigenvalue weighted by atomic mass is 16.3. The van der Waals surface area contributed by atoms with Crippen LogP contribution >= 0.6 is 0 Å². The molecule has 0 radical (unpaired) electrons. The molecule has 2 rings (SSSR count). The van der Waals surface area contributed by atoms with Gasteiger partial charge in [-0.3, -0.25) is 4.79 Å². The van der Waals surface area contributed by atoms with Crippen molar-refractivity contribution in [1.82, 2.24) is 10.2 Å². The molecule has 1 aromatic rings. The van der Waals surface area contributed by atoms with Crippen molar-refractivity contribution in [3.63, 3.8) is 0 Å². The van der Waals surface area contributed by atoms with E-state index in [0.29, 0.717) is 5.92 Å². The number of amides is 1. The predicted molar refractivity (Wildman–Crippen MR) is 79.9 cm³/mol. The quantitative estimate of drug-likeness (QED) is 0.870. The number of carbonyl (C=O) groups is 1. The third kappa shape index (κ3) is 3.63. The number of hydrogen-bond donors (Lipinski definition) is 1. The third-order valence-corrected chi connectivity index (χ3v) is 4.01. The largest absolute Gasteiger partial charge is 0.469 e. The zero-order chi connectivity index (χ0) is 14.4. The molecule has 0 saturated carbocycles. The Morgan fingerprint density at radius 1 is 1.40 bits per heavy atom. The first-order valence-corrected chi connectivity index (χ1v) is 7.82. The average molecular weight is 278 g/mol. The molecule has 0 aromatic carbocycles. The smallest absolute Gasteiger partial charge is 0.257 e. The number of nitrogens with zero attached hydrogens (tertiary/aromatic N) is 1. The summed E-state index contributed by atoms with van der Waals surface area (Å²) in [6.45, 7) is 8.00. The Morgan fingerprint density at radius 3 is 2.80 bits per heavy atom. The van der Waals surface area contributed by atoms with E-state index in [-0.39, 0.29) is 5.91 Å². The molecular weight excluding hydrogens is 252 g/mol. The Kier molecular flexibility index (Phi) is 5.65. The molecule has 1 saturated heterocycles. The molecule has 20 heavy (non-hydrogen) atoms. The third-order valence-electron chi connectivity index (χ3n) is 4.01. The highest BCUT2D eigenvalue weighted by Crippen LogP contribution is 2.18. The van der Waals surface area contributed by atoms with Gasteiger partial charge in [0, 0.05) is 19.5 Å². The van der Waals surface area contributed by atoms with Crippen molar-refractivity contribution in [3.8, 4) is 0 Å². The van der Waals surface area contributed by atoms with Gasteiger partial charge in [-0.15, -0.1) is 0 Å². The molecule has 4 nitrogen and oxygen atoms in total. The highest BCUT2D eigenvalue weighted by Gasteiger charge is 2.23. The highest BCUT2D eigenvalue weighted by molar-refractivity contribution is 5.95. The average Bonchev–Trinajstić information content (AvgIpc) is 2.95. The molecule has 0 aliphatic carbocycles. The normalized spacial score (nSPS) is 16.3. The summed E-state index contributed by atoms with van der Waals surface area (Å²) in [6, 6.07) is 1.81. The maximum atomic E-state index is 12.7. The summed E-state index contributed by atoms with van der Waals surface area (Å²) in [5, 5.41) is 3.38. The summed E-state index contributed by atoms with van der Waals surface area (Å²) in [7, 11) is 0. The van der Waals surface area contributed by atoms with Crippen LogP contribution in [0.15, 0.2) is 16.7 Å². The summed E-state index contributed by atoms with van der Waals surface area (Å²) in [6.07, 6.45) is 5.72. The Labute approximate surface area is 121 Å². The van der Waals surface area contributed by atoms with Crippen LogP contribution in [-0.2, 0) is 6.42 Å². The summed E-state index contributed by atoms with van der Waals surface area (Å²) in [5.41, 5.74) is 0.745. The number of piperidine rings is 1. The van der Waals surface area contributed by atoms with Crippen LogP contribution in [0.5, 0.6) is 0 Å². The van der Waals surface area contributed by atoms with Gasteiger partial charge in [0.15, 0.2) is 0 Å². The van der Waals surface area contributed by atoms with Crippen molar-refractivity contribution < 1.29 is 9.21 Å². The lowest BCUT2D eigenvalue weighted by molar-refractivity contribution is 0.0714. The lowest BCUT2D eigenvalue weighted by atomic mass is 9.97. The van der Waals surface area contributed by atoms with Crippen LogP contribution in [0.25, 0.3) is 0 Å². The minimum Gasteiger partial charge on any atom is -0.469 e. The van der Waals surface area contributed by atoms with E-state index < -0.39 is 0 Å². The zero-order valence-electron chi connectivity index (χ0n) is 12.7. The summed E-state index contributed by atoms with van der Waals surface area (Å²) in [4.78, 5) is 14.7. The van der Waals surface area contributed by atoms with Crippen molar-refractivity contribution in [2.24, 2.45) is 5.92 Å². The van der Waals surface area contributed by atoms with E-state index in [2.05, 4.69) is 12.2 Å². The second kappa shape index (κ2) is 7.48. The number of aryl methyl sites for hydroxylation is 1. The summed E-state index contributed by atoms with van der Waals surface area (Å²) >= 11 is 0. The molecule has 0 unspecified atom stereocenters. The van der Waals surface area contributed by atoms with Gasteiger partial charge in [-0.2, -0.15) is 0 Å². The van der Waals surface area contributed by atoms with Gasteiger partial charge in [-0.1, -0.05) is 13.8 Å². The maximum absolute atomic E-state index is 12.7. The fourth-order valence-corrected chi connectivity index (χ4v) is 2.90. The van der Waals surface area contributed by atoms with Crippen LogP contribution < -0.4 is 5.32 Å². The summed E-state index contributed by atoms with van der Waals surface area (Å²) < 4.78 is 5.40. The van der Waals surface area contributed by atoms with Gasteiger partial charge in [0.25, 0.3) is 5.91 Å². The molecule has 112 valence electrons. The number of furan rings is 1. The molecule has 1 fully saturated rings. The van der Waals surface area contributed by atoms with Gasteiger partial charge in [0.05, 0.1) is 11.8 Å². The van der Waals surface area contributed by atoms with Crippen LogP contribution in [0.1, 0.15) is 49.2 Å². The van der Waals surface area contributed by atoms with Crippen LogP contribution in [0.2, 0.25) is 0 Å². The second-order valence-electron chi connectivity index (χ2n) is 5.56. The van der Waals surface area contributed by atoms with Crippen molar-refractivity contribution in [2.45, 2.75) is 39.5 Å². The maximum Gasteiger partial charge on any atom is 0.257 e. The van der Waals surface area contributed by atoms with Crippen LogP contribution in [0, 0.1) is 5.92 Å². The fourth-order valence-electron chi connectivity index (χ4n) is 2.90. The Morgan fingerprint density at radius 2 is 2.15 bits per heavy atom. The molecule has 1 aliphatic rings. The van der Waals surface area contributed by atoms with Crippen LogP contribution in [0.4, 0.5) is 0 Å². The first-order valence-electron chi connectivity index (χ1n) is 7.82. The molecular formula is C16H26N2O2. The minimum atomic E-state index is 0.135. The van der Waals surface area contributed by atoms with Gasteiger partial charge in [0.1, 0.15) is 5.76 Å². The molecule has 4 heteroatoms. The number of rotatable bonds is 6. The number of hydrogen-bond acceptors (Lipinski definition) is 3. The lowest BCUT2D eigenvalue weighted by Crippen LogP contribution is -2.39. The Hall–Kier alpha value is -1.29. The van der Waals surface area contributed by atoms with E-state index in [0.717, 1.165) is 50.3 Å². The monoisotopic (exact) mass is 278 g/mol. The van der Waals surface area contributed by atoms with Gasteiger partial charge >= 0.3 is 0 Å². The second-order valence-corrected chi connectivity index (χ2v) is 5.56. The first-order chi connectivity index (χ1) is 9.76. The molecule has 0 bridgehead atoms. The van der Waals surface area contributed by atoms with Gasteiger partial charge in [-0.05, 0) is 44.3 Å². The van der Waals surface area contributed by atoms with Crippen molar-refractivity contribution in [2.75, 3.05) is 26.2 Å². The van der Waals surface area contributed by atoms with E-state index in [1.54, 1.807) is 6.26 Å². The Bertz CT molecular complexity index is 422. The summed E-state index contributed by atoms with van der Waals surface area (Å²) in [5.74, 6) is 1.57. The predicted octanol–water partition coefficient (Wildman–Crippen LogP) is 2.69. The van der Waals surface area contributed by atoms with E-state index >= 15 is 0 Å². The Balaban J connectivity index is 2.04. The van der Waals surface area contributed by atoms with Gasteiger partial charge < -0.3 is 14.6 Å². The molecule has 1 aliphatic heterocycles. The minimum absolute atomic E-state index is 0.135. The molecule has 0 spiro atoms. The van der Waals surface area contributed by atoms with Crippen molar-refractivity contribution >= 4 is 5.91 Å². The van der Waals surface area contributed by atoms with Crippen molar-refractivity contribution in [3.05, 3.63) is 23.7 Å². The molecule has 0 atom stereocenters. The van der Waals surface area contributed by atoms with E-state index in [9.17, 15) is 4.79 Å². The molecule has 1 aromatic heterocycles. The molecule has 1 amide bonds. The van der Waals surface area contributed by atoms with Gasteiger partial charge in [0.2, 0.25) is 0 Å². The zero-order valence-corrected chi connectivity index (χ0v) is 12.7. The van der Waals surface area contributed by atoms with Crippen LogP contribution in [0.3, 0.4) is 0 Å².